The van der Waals surface area contributed by atoms with Gasteiger partial charge >= 0.3 is 0 Å². The highest BCUT2D eigenvalue weighted by Crippen LogP contribution is 2.43. The minimum atomic E-state index is -0.850. The van der Waals surface area contributed by atoms with E-state index >= 15 is 0 Å². The Morgan fingerprint density at radius 2 is 1.33 bits per heavy atom. The number of carbonyl (C=O) groups is 2. The summed E-state index contributed by atoms with van der Waals surface area (Å²) in [5, 5.41) is -0.188. The molecule has 0 atom stereocenters. The van der Waals surface area contributed by atoms with Crippen molar-refractivity contribution in [1.29, 1.82) is 0 Å². The third-order valence-corrected chi connectivity index (χ3v) is 7.12. The van der Waals surface area contributed by atoms with Crippen molar-refractivity contribution in [3.05, 3.63) is 95.6 Å². The van der Waals surface area contributed by atoms with Crippen molar-refractivity contribution >= 4 is 22.9 Å². The molecule has 2 amide bonds. The molecule has 0 aliphatic carbocycles. The predicted molar refractivity (Wildman–Crippen MR) is 131 cm³/mol. The monoisotopic (exact) mass is 461 g/mol. The summed E-state index contributed by atoms with van der Waals surface area (Å²) in [5.74, 6) is 1.16. The van der Waals surface area contributed by atoms with Crippen LogP contribution < -0.4 is 9.47 Å². The Morgan fingerprint density at radius 3 is 1.88 bits per heavy atom. The molecule has 3 aromatic rings. The number of carbonyl (C=O) groups excluding carboxylic acids is 2. The molecule has 5 nitrogen and oxygen atoms in total. The number of rotatable bonds is 9. The van der Waals surface area contributed by atoms with Gasteiger partial charge in [-0.3, -0.25) is 14.5 Å². The number of methoxy groups -OCH3 is 2. The van der Waals surface area contributed by atoms with E-state index in [1.165, 1.54) is 4.90 Å². The summed E-state index contributed by atoms with van der Waals surface area (Å²) in [5.41, 5.74) is 3.06. The van der Waals surface area contributed by atoms with Gasteiger partial charge < -0.3 is 9.47 Å². The van der Waals surface area contributed by atoms with Gasteiger partial charge in [0.05, 0.1) is 14.2 Å². The molecule has 1 aliphatic rings. The summed E-state index contributed by atoms with van der Waals surface area (Å²) in [6, 6.07) is 25.5. The molecule has 0 aromatic heterocycles. The second kappa shape index (κ2) is 10.1. The van der Waals surface area contributed by atoms with Gasteiger partial charge in [-0.2, -0.15) is 0 Å². The van der Waals surface area contributed by atoms with Crippen molar-refractivity contribution in [3.8, 4) is 11.5 Å². The van der Waals surface area contributed by atoms with Crippen LogP contribution in [0.4, 0.5) is 4.79 Å². The summed E-state index contributed by atoms with van der Waals surface area (Å²) in [6.07, 6.45) is 1.56. The molecule has 170 valence electrons. The first-order chi connectivity index (χ1) is 16.0. The Kier molecular flexibility index (Phi) is 7.04. The predicted octanol–water partition coefficient (Wildman–Crippen LogP) is 5.17. The minimum Gasteiger partial charge on any atom is -0.493 e. The highest BCUT2D eigenvalue weighted by molar-refractivity contribution is 8.16. The lowest BCUT2D eigenvalue weighted by atomic mass is 9.90. The van der Waals surface area contributed by atoms with E-state index < -0.39 is 4.75 Å². The lowest BCUT2D eigenvalue weighted by Crippen LogP contribution is -2.43. The normalized spacial score (nSPS) is 15.0. The average molecular weight is 462 g/mol. The molecular weight excluding hydrogens is 434 g/mol. The Morgan fingerprint density at radius 1 is 0.758 bits per heavy atom. The molecule has 3 aromatic carbocycles. The van der Waals surface area contributed by atoms with Gasteiger partial charge in [0.2, 0.25) is 5.91 Å². The number of thioether (sulfide) groups is 1. The molecule has 6 heteroatoms. The van der Waals surface area contributed by atoms with Gasteiger partial charge in [-0.05, 0) is 59.8 Å². The molecule has 0 N–H and O–H groups in total. The van der Waals surface area contributed by atoms with Gasteiger partial charge in [-0.1, -0.05) is 66.7 Å². The smallest absolute Gasteiger partial charge is 0.289 e. The third kappa shape index (κ3) is 5.06. The van der Waals surface area contributed by atoms with Crippen LogP contribution in [0.5, 0.6) is 11.5 Å². The van der Waals surface area contributed by atoms with Gasteiger partial charge in [0.1, 0.15) is 4.75 Å². The van der Waals surface area contributed by atoms with Gasteiger partial charge in [0, 0.05) is 6.54 Å². The van der Waals surface area contributed by atoms with Crippen LogP contribution in [0.2, 0.25) is 0 Å². The number of nitrogens with zero attached hydrogens (tertiary/aromatic N) is 1. The lowest BCUT2D eigenvalue weighted by molar-refractivity contribution is -0.129. The third-order valence-electron chi connectivity index (χ3n) is 5.88. The van der Waals surface area contributed by atoms with Crippen LogP contribution in [-0.2, 0) is 24.1 Å². The molecule has 0 spiro atoms. The van der Waals surface area contributed by atoms with E-state index in [0.29, 0.717) is 37.3 Å². The van der Waals surface area contributed by atoms with Crippen molar-refractivity contribution in [2.75, 3.05) is 20.8 Å². The van der Waals surface area contributed by atoms with Crippen LogP contribution in [-0.4, -0.2) is 41.6 Å². The summed E-state index contributed by atoms with van der Waals surface area (Å²) >= 11 is 1.16. The standard InChI is InChI=1S/C27H27NO4S/c1-31-23-14-13-20(17-24(23)32-2)15-16-28-25(29)27(33-26(28)30,18-21-9-5-3-6-10-21)19-22-11-7-4-8-12-22/h3-14,17H,15-16,18-19H2,1-2H3. The summed E-state index contributed by atoms with van der Waals surface area (Å²) in [4.78, 5) is 28.2. The zero-order valence-electron chi connectivity index (χ0n) is 18.8. The molecule has 1 saturated heterocycles. The highest BCUT2D eigenvalue weighted by atomic mass is 32.2. The molecule has 33 heavy (non-hydrogen) atoms. The van der Waals surface area contributed by atoms with Crippen LogP contribution in [0.1, 0.15) is 16.7 Å². The summed E-state index contributed by atoms with van der Waals surface area (Å²) in [7, 11) is 3.18. The molecular formula is C27H27NO4S. The maximum absolute atomic E-state index is 13.7. The Labute approximate surface area is 198 Å². The quantitative estimate of drug-likeness (QED) is 0.440. The molecule has 1 aliphatic heterocycles. The molecule has 0 bridgehead atoms. The zero-order chi connectivity index (χ0) is 23.3. The van der Waals surface area contributed by atoms with Crippen LogP contribution in [0.25, 0.3) is 0 Å². The fraction of sp³-hybridized carbons (Fsp3) is 0.259. The second-order valence-corrected chi connectivity index (χ2v) is 9.42. The van der Waals surface area contributed by atoms with Gasteiger partial charge in [0.25, 0.3) is 5.24 Å². The van der Waals surface area contributed by atoms with Crippen molar-refractivity contribution in [3.63, 3.8) is 0 Å². The minimum absolute atomic E-state index is 0.120. The molecule has 1 fully saturated rings. The Bertz CT molecular complexity index is 1080. The van der Waals surface area contributed by atoms with E-state index in [4.69, 9.17) is 9.47 Å². The van der Waals surface area contributed by atoms with Crippen molar-refractivity contribution in [2.45, 2.75) is 24.0 Å². The number of ether oxygens (including phenoxy) is 2. The number of amides is 2. The lowest BCUT2D eigenvalue weighted by Gasteiger charge is -2.26. The molecule has 0 radical (unpaired) electrons. The fourth-order valence-corrected chi connectivity index (χ4v) is 5.50. The topological polar surface area (TPSA) is 55.8 Å². The largest absolute Gasteiger partial charge is 0.493 e. The number of hydrogen-bond acceptors (Lipinski definition) is 5. The molecule has 0 saturated carbocycles. The summed E-state index contributed by atoms with van der Waals surface area (Å²) < 4.78 is 9.83. The highest BCUT2D eigenvalue weighted by Gasteiger charge is 2.52. The zero-order valence-corrected chi connectivity index (χ0v) is 19.6. The average Bonchev–Trinajstić information content (AvgIpc) is 3.07. The van der Waals surface area contributed by atoms with E-state index in [0.717, 1.165) is 28.5 Å². The second-order valence-electron chi connectivity index (χ2n) is 8.08. The Balaban J connectivity index is 1.56. The van der Waals surface area contributed by atoms with E-state index in [9.17, 15) is 9.59 Å². The van der Waals surface area contributed by atoms with Crippen LogP contribution in [0, 0.1) is 0 Å². The van der Waals surface area contributed by atoms with Crippen LogP contribution in [0.15, 0.2) is 78.9 Å². The van der Waals surface area contributed by atoms with E-state index in [1.807, 2.05) is 78.9 Å². The first kappa shape index (κ1) is 22.9. The van der Waals surface area contributed by atoms with Crippen molar-refractivity contribution < 1.29 is 19.1 Å². The van der Waals surface area contributed by atoms with Gasteiger partial charge in [0.15, 0.2) is 11.5 Å². The summed E-state index contributed by atoms with van der Waals surface area (Å²) in [6.45, 7) is 0.325. The first-order valence-electron chi connectivity index (χ1n) is 10.9. The molecule has 4 rings (SSSR count). The van der Waals surface area contributed by atoms with Crippen molar-refractivity contribution in [2.24, 2.45) is 0 Å². The number of benzene rings is 3. The molecule has 1 heterocycles. The Hall–Kier alpha value is -3.25. The maximum Gasteiger partial charge on any atom is 0.289 e. The van der Waals surface area contributed by atoms with Crippen molar-refractivity contribution in [1.82, 2.24) is 4.90 Å². The van der Waals surface area contributed by atoms with E-state index in [1.54, 1.807) is 14.2 Å². The SMILES string of the molecule is COc1ccc(CCN2C(=O)SC(Cc3ccccc3)(Cc3ccccc3)C2=O)cc1OC. The first-order valence-corrected chi connectivity index (χ1v) is 11.7. The maximum atomic E-state index is 13.7. The van der Waals surface area contributed by atoms with Gasteiger partial charge in [-0.15, -0.1) is 0 Å². The van der Waals surface area contributed by atoms with E-state index in [2.05, 4.69) is 0 Å². The fourth-order valence-electron chi connectivity index (χ4n) is 4.20. The number of imide groups is 1. The molecule has 0 unspecified atom stereocenters. The number of hydrogen-bond donors (Lipinski definition) is 0. The van der Waals surface area contributed by atoms with Crippen LogP contribution in [0.3, 0.4) is 0 Å². The van der Waals surface area contributed by atoms with Gasteiger partial charge in [-0.25, -0.2) is 0 Å². The van der Waals surface area contributed by atoms with Crippen LogP contribution >= 0.6 is 11.8 Å². The van der Waals surface area contributed by atoms with E-state index in [-0.39, 0.29) is 11.1 Å².